The van der Waals surface area contributed by atoms with E-state index >= 15 is 0 Å². The molecule has 0 amide bonds. The number of benzene rings is 2. The molecule has 1 heterocycles. The van der Waals surface area contributed by atoms with Crippen LogP contribution in [-0.4, -0.2) is 22.1 Å². The number of carbonyl (C=O) groups excluding carboxylic acids is 1. The SMILES string of the molecule is C=C(C)C(=O)Oc1ccc(/C=N/c2nc3ccc([N+](=O)[O-])cc3s2)cc1. The first-order chi connectivity index (χ1) is 12.4. The largest absolute Gasteiger partial charge is 0.423 e. The van der Waals surface area contributed by atoms with E-state index in [0.717, 1.165) is 5.56 Å². The molecule has 0 atom stereocenters. The molecular weight excluding hydrogens is 354 g/mol. The van der Waals surface area contributed by atoms with Gasteiger partial charge < -0.3 is 4.74 Å². The van der Waals surface area contributed by atoms with Crippen molar-refractivity contribution in [3.05, 3.63) is 70.3 Å². The molecule has 0 fully saturated rings. The monoisotopic (exact) mass is 367 g/mol. The smallest absolute Gasteiger partial charge is 0.338 e. The van der Waals surface area contributed by atoms with Crippen molar-refractivity contribution in [1.82, 2.24) is 4.98 Å². The van der Waals surface area contributed by atoms with Crippen molar-refractivity contribution in [1.29, 1.82) is 0 Å². The number of hydrogen-bond acceptors (Lipinski definition) is 7. The van der Waals surface area contributed by atoms with Gasteiger partial charge in [-0.2, -0.15) is 0 Å². The van der Waals surface area contributed by atoms with Crippen molar-refractivity contribution < 1.29 is 14.5 Å². The molecule has 8 heteroatoms. The van der Waals surface area contributed by atoms with E-state index in [2.05, 4.69) is 16.6 Å². The van der Waals surface area contributed by atoms with Gasteiger partial charge in [-0.25, -0.2) is 14.8 Å². The van der Waals surface area contributed by atoms with Gasteiger partial charge in [0.2, 0.25) is 5.13 Å². The zero-order valence-electron chi connectivity index (χ0n) is 13.7. The van der Waals surface area contributed by atoms with Crippen LogP contribution in [0.2, 0.25) is 0 Å². The van der Waals surface area contributed by atoms with Gasteiger partial charge >= 0.3 is 5.97 Å². The van der Waals surface area contributed by atoms with Crippen LogP contribution >= 0.6 is 11.3 Å². The van der Waals surface area contributed by atoms with Crippen LogP contribution in [0.1, 0.15) is 12.5 Å². The van der Waals surface area contributed by atoms with E-state index in [1.807, 2.05) is 0 Å². The Morgan fingerprint density at radius 2 is 2.04 bits per heavy atom. The minimum absolute atomic E-state index is 0.0246. The molecule has 1 aromatic heterocycles. The predicted octanol–water partition coefficient (Wildman–Crippen LogP) is 4.44. The van der Waals surface area contributed by atoms with Crippen LogP contribution < -0.4 is 4.74 Å². The lowest BCUT2D eigenvalue weighted by Crippen LogP contribution is -2.07. The van der Waals surface area contributed by atoms with Crippen molar-refractivity contribution in [3.8, 4) is 5.75 Å². The maximum atomic E-state index is 11.5. The first-order valence-corrected chi connectivity index (χ1v) is 8.31. The van der Waals surface area contributed by atoms with Gasteiger partial charge in [-0.1, -0.05) is 17.9 Å². The van der Waals surface area contributed by atoms with Gasteiger partial charge in [-0.3, -0.25) is 10.1 Å². The average Bonchev–Trinajstić information content (AvgIpc) is 3.03. The number of aromatic nitrogens is 1. The molecule has 3 rings (SSSR count). The molecular formula is C18H13N3O4S. The first kappa shape index (κ1) is 17.4. The Bertz CT molecular complexity index is 1040. The van der Waals surface area contributed by atoms with Crippen molar-refractivity contribution in [3.63, 3.8) is 0 Å². The van der Waals surface area contributed by atoms with Crippen molar-refractivity contribution >= 4 is 44.6 Å². The van der Waals surface area contributed by atoms with Gasteiger partial charge in [0.15, 0.2) is 0 Å². The predicted molar refractivity (Wildman–Crippen MR) is 100 cm³/mol. The summed E-state index contributed by atoms with van der Waals surface area (Å²) in [6, 6.07) is 11.3. The van der Waals surface area contributed by atoms with E-state index in [0.29, 0.717) is 26.7 Å². The highest BCUT2D eigenvalue weighted by molar-refractivity contribution is 7.22. The Hall–Kier alpha value is -3.39. The fraction of sp³-hybridized carbons (Fsp3) is 0.0556. The molecule has 7 nitrogen and oxygen atoms in total. The molecule has 0 saturated carbocycles. The van der Waals surface area contributed by atoms with E-state index in [9.17, 15) is 14.9 Å². The van der Waals surface area contributed by atoms with Crippen LogP contribution in [0.5, 0.6) is 5.75 Å². The summed E-state index contributed by atoms with van der Waals surface area (Å²) in [5.41, 5.74) is 1.81. The number of thiazole rings is 1. The Morgan fingerprint density at radius 1 is 1.31 bits per heavy atom. The molecule has 0 unspecified atom stereocenters. The minimum atomic E-state index is -0.477. The molecule has 0 aliphatic heterocycles. The van der Waals surface area contributed by atoms with Crippen LogP contribution in [-0.2, 0) is 4.79 Å². The second-order valence-corrected chi connectivity index (χ2v) is 6.41. The number of non-ortho nitro benzene ring substituents is 1. The lowest BCUT2D eigenvalue weighted by Gasteiger charge is -2.03. The number of aliphatic imine (C=N–C) groups is 1. The number of esters is 1. The van der Waals surface area contributed by atoms with Crippen LogP contribution in [0.15, 0.2) is 59.6 Å². The minimum Gasteiger partial charge on any atom is -0.423 e. The van der Waals surface area contributed by atoms with E-state index in [-0.39, 0.29) is 5.69 Å². The highest BCUT2D eigenvalue weighted by Crippen LogP contribution is 2.30. The first-order valence-electron chi connectivity index (χ1n) is 7.49. The Labute approximate surface area is 152 Å². The van der Waals surface area contributed by atoms with Crippen LogP contribution in [0.4, 0.5) is 10.8 Å². The normalized spacial score (nSPS) is 11.0. The zero-order chi connectivity index (χ0) is 18.7. The number of hydrogen-bond donors (Lipinski definition) is 0. The van der Waals surface area contributed by atoms with Gasteiger partial charge in [-0.05, 0) is 42.8 Å². The summed E-state index contributed by atoms with van der Waals surface area (Å²) in [6.45, 7) is 5.11. The number of nitrogens with zero attached hydrogens (tertiary/aromatic N) is 3. The average molecular weight is 367 g/mol. The summed E-state index contributed by atoms with van der Waals surface area (Å²) in [5, 5.41) is 11.3. The molecule has 26 heavy (non-hydrogen) atoms. The van der Waals surface area contributed by atoms with Crippen molar-refractivity contribution in [2.45, 2.75) is 6.92 Å². The third-order valence-electron chi connectivity index (χ3n) is 3.33. The molecule has 130 valence electrons. The van der Waals surface area contributed by atoms with Gasteiger partial charge in [0.25, 0.3) is 5.69 Å². The summed E-state index contributed by atoms with van der Waals surface area (Å²) in [4.78, 5) is 30.5. The van der Waals surface area contributed by atoms with Gasteiger partial charge in [0.1, 0.15) is 5.75 Å². The van der Waals surface area contributed by atoms with Crippen molar-refractivity contribution in [2.24, 2.45) is 4.99 Å². The molecule has 0 aliphatic rings. The molecule has 0 bridgehead atoms. The van der Waals surface area contributed by atoms with Crippen LogP contribution in [0, 0.1) is 10.1 Å². The standard InChI is InChI=1S/C18H13N3O4S/c1-11(2)17(22)25-14-6-3-12(4-7-14)10-19-18-20-15-8-5-13(21(23)24)9-16(15)26-18/h3-10H,1H2,2H3/b19-10+. The van der Waals surface area contributed by atoms with E-state index in [4.69, 9.17) is 4.74 Å². The molecule has 2 aromatic carbocycles. The fourth-order valence-electron chi connectivity index (χ4n) is 2.02. The van der Waals surface area contributed by atoms with Crippen molar-refractivity contribution in [2.75, 3.05) is 0 Å². The maximum absolute atomic E-state index is 11.5. The quantitative estimate of drug-likeness (QED) is 0.166. The molecule has 0 N–H and O–H groups in total. The molecule has 3 aromatic rings. The topological polar surface area (TPSA) is 94.7 Å². The highest BCUT2D eigenvalue weighted by Gasteiger charge is 2.09. The molecule has 0 aliphatic carbocycles. The van der Waals surface area contributed by atoms with Gasteiger partial charge in [-0.15, -0.1) is 0 Å². The number of carbonyl (C=O) groups is 1. The lowest BCUT2D eigenvalue weighted by atomic mass is 10.2. The number of nitro benzene ring substituents is 1. The molecule has 0 radical (unpaired) electrons. The summed E-state index contributed by atoms with van der Waals surface area (Å²) in [5.74, 6) is -0.0579. The van der Waals surface area contributed by atoms with Crippen LogP contribution in [0.3, 0.4) is 0 Å². The maximum Gasteiger partial charge on any atom is 0.338 e. The molecule has 0 spiro atoms. The summed E-state index contributed by atoms with van der Waals surface area (Å²) < 4.78 is 5.82. The molecule has 0 saturated heterocycles. The Kier molecular flexibility index (Phi) is 4.85. The number of nitro groups is 1. The van der Waals surface area contributed by atoms with Crippen LogP contribution in [0.25, 0.3) is 10.2 Å². The Balaban J connectivity index is 1.75. The second-order valence-electron chi connectivity index (χ2n) is 5.40. The highest BCUT2D eigenvalue weighted by atomic mass is 32.1. The summed E-state index contributed by atoms with van der Waals surface area (Å²) in [6.07, 6.45) is 1.62. The van der Waals surface area contributed by atoms with Gasteiger partial charge in [0.05, 0.1) is 15.1 Å². The number of fused-ring (bicyclic) bond motifs is 1. The second kappa shape index (κ2) is 7.24. The summed E-state index contributed by atoms with van der Waals surface area (Å²) >= 11 is 1.27. The van der Waals surface area contributed by atoms with E-state index < -0.39 is 10.9 Å². The lowest BCUT2D eigenvalue weighted by molar-refractivity contribution is -0.384. The van der Waals surface area contributed by atoms with E-state index in [1.54, 1.807) is 43.5 Å². The number of ether oxygens (including phenoxy) is 1. The fourth-order valence-corrected chi connectivity index (χ4v) is 2.86. The van der Waals surface area contributed by atoms with Gasteiger partial charge in [0, 0.05) is 23.9 Å². The third kappa shape index (κ3) is 3.98. The zero-order valence-corrected chi connectivity index (χ0v) is 14.5. The number of rotatable bonds is 5. The Morgan fingerprint density at radius 3 is 2.69 bits per heavy atom. The summed E-state index contributed by atoms with van der Waals surface area (Å²) in [7, 11) is 0. The van der Waals surface area contributed by atoms with E-state index in [1.165, 1.54) is 23.5 Å². The third-order valence-corrected chi connectivity index (χ3v) is 4.26.